The fraction of sp³-hybridized carbons (Fsp3) is 1.00. The van der Waals surface area contributed by atoms with Gasteiger partial charge in [0.2, 0.25) is 0 Å². The van der Waals surface area contributed by atoms with E-state index in [1.54, 1.807) is 18.4 Å². The molecule has 0 amide bonds. The van der Waals surface area contributed by atoms with E-state index in [9.17, 15) is 8.42 Å². The van der Waals surface area contributed by atoms with Crippen molar-refractivity contribution in [2.75, 3.05) is 27.2 Å². The fourth-order valence-electron chi connectivity index (χ4n) is 2.95. The van der Waals surface area contributed by atoms with Gasteiger partial charge in [0.25, 0.3) is 10.2 Å². The van der Waals surface area contributed by atoms with E-state index < -0.39 is 10.2 Å². The average molecular weight is 320 g/mol. The van der Waals surface area contributed by atoms with Gasteiger partial charge in [0.15, 0.2) is 0 Å². The molecule has 0 aromatic heterocycles. The summed E-state index contributed by atoms with van der Waals surface area (Å²) in [7, 11) is 0.101. The van der Waals surface area contributed by atoms with E-state index in [4.69, 9.17) is 0 Å². The largest absolute Gasteiger partial charge is 0.314 e. The normalized spacial score (nSPS) is 24.2. The minimum absolute atomic E-state index is 0.162. The zero-order chi connectivity index (χ0) is 16.0. The second-order valence-electron chi connectivity index (χ2n) is 6.73. The highest BCUT2D eigenvalue weighted by molar-refractivity contribution is 7.86. The highest BCUT2D eigenvalue weighted by Crippen LogP contribution is 2.28. The monoisotopic (exact) mass is 319 g/mol. The van der Waals surface area contributed by atoms with Crippen LogP contribution in [0.2, 0.25) is 0 Å². The van der Waals surface area contributed by atoms with Gasteiger partial charge in [0, 0.05) is 32.7 Å². The summed E-state index contributed by atoms with van der Waals surface area (Å²) >= 11 is 0. The van der Waals surface area contributed by atoms with Gasteiger partial charge in [0.05, 0.1) is 0 Å². The van der Waals surface area contributed by atoms with Crippen LogP contribution in [0, 0.1) is 5.92 Å². The first kappa shape index (κ1) is 18.9. The molecule has 0 aliphatic heterocycles. The van der Waals surface area contributed by atoms with Crippen molar-refractivity contribution >= 4 is 10.2 Å². The van der Waals surface area contributed by atoms with Gasteiger partial charge in [-0.2, -0.15) is 17.0 Å². The van der Waals surface area contributed by atoms with E-state index in [1.807, 2.05) is 0 Å². The summed E-state index contributed by atoms with van der Waals surface area (Å²) in [5, 5.41) is 3.32. The maximum atomic E-state index is 12.6. The predicted octanol–water partition coefficient (Wildman–Crippen LogP) is 2.06. The Morgan fingerprint density at radius 1 is 1.24 bits per heavy atom. The summed E-state index contributed by atoms with van der Waals surface area (Å²) in [5.74, 6) is 0.627. The molecule has 5 nitrogen and oxygen atoms in total. The fourth-order valence-corrected chi connectivity index (χ4v) is 4.32. The zero-order valence-corrected chi connectivity index (χ0v) is 15.1. The molecule has 1 rings (SSSR count). The molecule has 1 N–H and O–H groups in total. The maximum absolute atomic E-state index is 12.6. The van der Waals surface area contributed by atoms with Crippen LogP contribution in [0.3, 0.4) is 0 Å². The molecular formula is C15H33N3O2S. The zero-order valence-electron chi connectivity index (χ0n) is 14.3. The summed E-state index contributed by atoms with van der Waals surface area (Å²) in [6.07, 6.45) is 5.17. The molecule has 21 heavy (non-hydrogen) atoms. The van der Waals surface area contributed by atoms with Crippen molar-refractivity contribution in [1.82, 2.24) is 13.9 Å². The van der Waals surface area contributed by atoms with Crippen molar-refractivity contribution in [2.45, 2.75) is 65.0 Å². The average Bonchev–Trinajstić information content (AvgIpc) is 2.42. The molecule has 0 spiro atoms. The van der Waals surface area contributed by atoms with Gasteiger partial charge in [-0.1, -0.05) is 33.6 Å². The smallest absolute Gasteiger partial charge is 0.281 e. The molecule has 1 aliphatic rings. The Labute approximate surface area is 131 Å². The van der Waals surface area contributed by atoms with Crippen molar-refractivity contribution in [3.05, 3.63) is 0 Å². The van der Waals surface area contributed by atoms with E-state index in [1.165, 1.54) is 10.7 Å². The van der Waals surface area contributed by atoms with Crippen molar-refractivity contribution in [2.24, 2.45) is 5.92 Å². The lowest BCUT2D eigenvalue weighted by atomic mass is 9.87. The van der Waals surface area contributed by atoms with E-state index in [2.05, 4.69) is 26.1 Å². The van der Waals surface area contributed by atoms with Gasteiger partial charge >= 0.3 is 0 Å². The lowest BCUT2D eigenvalue weighted by Gasteiger charge is -2.35. The lowest BCUT2D eigenvalue weighted by Crippen LogP contribution is -2.47. The molecule has 1 fully saturated rings. The second kappa shape index (κ2) is 8.46. The third-order valence-corrected chi connectivity index (χ3v) is 6.38. The standard InChI is InChI=1S/C15H33N3O2S/c1-13(2)16-10-7-11-17(4)21(19,20)18(5)15-9-6-8-14(3)12-15/h13-16H,6-12H2,1-5H3. The molecule has 0 heterocycles. The van der Waals surface area contributed by atoms with E-state index in [0.717, 1.165) is 32.2 Å². The number of rotatable bonds is 8. The van der Waals surface area contributed by atoms with Crippen LogP contribution in [-0.4, -0.2) is 56.3 Å². The molecule has 0 saturated heterocycles. The van der Waals surface area contributed by atoms with Crippen LogP contribution in [0.1, 0.15) is 52.9 Å². The molecule has 2 atom stereocenters. The molecule has 2 unspecified atom stereocenters. The van der Waals surface area contributed by atoms with E-state index in [0.29, 0.717) is 18.5 Å². The summed E-state index contributed by atoms with van der Waals surface area (Å²) < 4.78 is 28.3. The minimum atomic E-state index is -3.32. The van der Waals surface area contributed by atoms with Crippen LogP contribution in [-0.2, 0) is 10.2 Å². The van der Waals surface area contributed by atoms with Crippen LogP contribution in [0.15, 0.2) is 0 Å². The van der Waals surface area contributed by atoms with Gasteiger partial charge in [-0.15, -0.1) is 0 Å². The first-order valence-corrected chi connectivity index (χ1v) is 9.57. The molecule has 0 aromatic rings. The summed E-state index contributed by atoms with van der Waals surface area (Å²) in [5.41, 5.74) is 0. The Hall–Kier alpha value is -0.170. The summed E-state index contributed by atoms with van der Waals surface area (Å²) in [4.78, 5) is 0. The quantitative estimate of drug-likeness (QED) is 0.697. The maximum Gasteiger partial charge on any atom is 0.281 e. The lowest BCUT2D eigenvalue weighted by molar-refractivity contribution is 0.228. The Morgan fingerprint density at radius 3 is 2.48 bits per heavy atom. The molecule has 1 aliphatic carbocycles. The Bertz CT molecular complexity index is 398. The number of nitrogens with one attached hydrogen (secondary N) is 1. The Balaban J connectivity index is 2.49. The minimum Gasteiger partial charge on any atom is -0.314 e. The Morgan fingerprint density at radius 2 is 1.90 bits per heavy atom. The Kier molecular flexibility index (Phi) is 7.60. The van der Waals surface area contributed by atoms with E-state index >= 15 is 0 Å². The van der Waals surface area contributed by atoms with Gasteiger partial charge in [-0.3, -0.25) is 0 Å². The highest BCUT2D eigenvalue weighted by atomic mass is 32.2. The van der Waals surface area contributed by atoms with Crippen LogP contribution < -0.4 is 5.32 Å². The third-order valence-electron chi connectivity index (χ3n) is 4.38. The molecule has 0 aromatic carbocycles. The van der Waals surface area contributed by atoms with Gasteiger partial charge in [-0.25, -0.2) is 0 Å². The van der Waals surface area contributed by atoms with Gasteiger partial charge < -0.3 is 5.32 Å². The highest BCUT2D eigenvalue weighted by Gasteiger charge is 2.32. The van der Waals surface area contributed by atoms with Crippen LogP contribution in [0.5, 0.6) is 0 Å². The molecule has 1 saturated carbocycles. The first-order valence-electron chi connectivity index (χ1n) is 8.17. The second-order valence-corrected chi connectivity index (χ2v) is 8.83. The van der Waals surface area contributed by atoms with Crippen molar-refractivity contribution in [3.8, 4) is 0 Å². The van der Waals surface area contributed by atoms with Crippen molar-refractivity contribution in [3.63, 3.8) is 0 Å². The topological polar surface area (TPSA) is 52.7 Å². The SMILES string of the molecule is CC1CCCC(N(C)S(=O)(=O)N(C)CCCNC(C)C)C1. The van der Waals surface area contributed by atoms with Crippen molar-refractivity contribution in [1.29, 1.82) is 0 Å². The number of hydrogen-bond acceptors (Lipinski definition) is 3. The molecule has 126 valence electrons. The molecule has 0 bridgehead atoms. The molecular weight excluding hydrogens is 286 g/mol. The summed E-state index contributed by atoms with van der Waals surface area (Å²) in [6.45, 7) is 7.82. The van der Waals surface area contributed by atoms with Crippen LogP contribution >= 0.6 is 0 Å². The van der Waals surface area contributed by atoms with Gasteiger partial charge in [-0.05, 0) is 31.7 Å². The van der Waals surface area contributed by atoms with Crippen LogP contribution in [0.4, 0.5) is 0 Å². The van der Waals surface area contributed by atoms with Crippen molar-refractivity contribution < 1.29 is 8.42 Å². The third kappa shape index (κ3) is 5.85. The predicted molar refractivity (Wildman–Crippen MR) is 88.5 cm³/mol. The van der Waals surface area contributed by atoms with Gasteiger partial charge in [0.1, 0.15) is 0 Å². The van der Waals surface area contributed by atoms with Crippen LogP contribution in [0.25, 0.3) is 0 Å². The molecule has 6 heteroatoms. The molecule has 0 radical (unpaired) electrons. The first-order chi connectivity index (χ1) is 9.75. The number of hydrogen-bond donors (Lipinski definition) is 1. The van der Waals surface area contributed by atoms with E-state index in [-0.39, 0.29) is 6.04 Å². The summed E-state index contributed by atoms with van der Waals surface area (Å²) in [6, 6.07) is 0.605. The number of nitrogens with zero attached hydrogens (tertiary/aromatic N) is 2.